The Hall–Kier alpha value is -1.00. The molecule has 0 aliphatic heterocycles. The van der Waals surface area contributed by atoms with Crippen molar-refractivity contribution in [3.8, 4) is 0 Å². The number of rotatable bonds is 5. The van der Waals surface area contributed by atoms with Gasteiger partial charge in [0.2, 0.25) is 0 Å². The lowest BCUT2D eigenvalue weighted by Crippen LogP contribution is -2.32. The SMILES string of the molecule is CCSc1ccc(C[C@H](N)C(=O)O)cc1. The summed E-state index contributed by atoms with van der Waals surface area (Å²) in [6.45, 7) is 2.10. The maximum atomic E-state index is 10.5. The van der Waals surface area contributed by atoms with Gasteiger partial charge in [0.25, 0.3) is 0 Å². The number of hydrogen-bond acceptors (Lipinski definition) is 3. The first kappa shape index (κ1) is 12.1. The van der Waals surface area contributed by atoms with Gasteiger partial charge < -0.3 is 10.8 Å². The van der Waals surface area contributed by atoms with Gasteiger partial charge in [-0.15, -0.1) is 11.8 Å². The minimum Gasteiger partial charge on any atom is -0.480 e. The molecule has 0 saturated carbocycles. The minimum atomic E-state index is -0.956. The van der Waals surface area contributed by atoms with Gasteiger partial charge in [-0.2, -0.15) is 0 Å². The van der Waals surface area contributed by atoms with Crippen LogP contribution in [0, 0.1) is 0 Å². The molecule has 0 saturated heterocycles. The number of carboxylic acids is 1. The number of hydrogen-bond donors (Lipinski definition) is 2. The predicted molar refractivity (Wildman–Crippen MR) is 62.2 cm³/mol. The normalized spacial score (nSPS) is 12.4. The van der Waals surface area contributed by atoms with E-state index in [1.807, 2.05) is 24.3 Å². The maximum absolute atomic E-state index is 10.5. The molecule has 15 heavy (non-hydrogen) atoms. The second-order valence-electron chi connectivity index (χ2n) is 3.23. The number of carboxylic acid groups (broad SMARTS) is 1. The third kappa shape index (κ3) is 3.93. The van der Waals surface area contributed by atoms with Gasteiger partial charge in [0.05, 0.1) is 0 Å². The van der Waals surface area contributed by atoms with E-state index < -0.39 is 12.0 Å². The van der Waals surface area contributed by atoms with Crippen molar-refractivity contribution < 1.29 is 9.90 Å². The monoisotopic (exact) mass is 225 g/mol. The molecule has 0 aliphatic rings. The van der Waals surface area contributed by atoms with E-state index in [4.69, 9.17) is 10.8 Å². The summed E-state index contributed by atoms with van der Waals surface area (Å²) in [5.74, 6) is 0.0792. The molecule has 1 aromatic rings. The topological polar surface area (TPSA) is 63.3 Å². The van der Waals surface area contributed by atoms with Crippen LogP contribution in [-0.4, -0.2) is 22.9 Å². The predicted octanol–water partition coefficient (Wildman–Crippen LogP) is 1.75. The second-order valence-corrected chi connectivity index (χ2v) is 4.56. The van der Waals surface area contributed by atoms with Gasteiger partial charge in [-0.05, 0) is 29.9 Å². The molecular weight excluding hydrogens is 210 g/mol. The number of benzene rings is 1. The Morgan fingerprint density at radius 1 is 1.47 bits per heavy atom. The molecule has 1 atom stereocenters. The highest BCUT2D eigenvalue weighted by Gasteiger charge is 2.11. The van der Waals surface area contributed by atoms with Crippen LogP contribution in [-0.2, 0) is 11.2 Å². The average Bonchev–Trinajstić information content (AvgIpc) is 2.21. The zero-order valence-corrected chi connectivity index (χ0v) is 9.46. The van der Waals surface area contributed by atoms with Crippen LogP contribution in [0.2, 0.25) is 0 Å². The Balaban J connectivity index is 2.60. The van der Waals surface area contributed by atoms with Crippen LogP contribution in [0.3, 0.4) is 0 Å². The van der Waals surface area contributed by atoms with Gasteiger partial charge in [-0.3, -0.25) is 4.79 Å². The molecule has 0 aromatic heterocycles. The van der Waals surface area contributed by atoms with E-state index >= 15 is 0 Å². The van der Waals surface area contributed by atoms with Crippen molar-refractivity contribution >= 4 is 17.7 Å². The van der Waals surface area contributed by atoms with Crippen molar-refractivity contribution in [1.82, 2.24) is 0 Å². The van der Waals surface area contributed by atoms with Crippen molar-refractivity contribution in [2.75, 3.05) is 5.75 Å². The van der Waals surface area contributed by atoms with E-state index in [1.54, 1.807) is 11.8 Å². The van der Waals surface area contributed by atoms with Crippen molar-refractivity contribution in [3.63, 3.8) is 0 Å². The third-order valence-electron chi connectivity index (χ3n) is 2.01. The van der Waals surface area contributed by atoms with Crippen molar-refractivity contribution in [1.29, 1.82) is 0 Å². The molecule has 3 N–H and O–H groups in total. The fourth-order valence-electron chi connectivity index (χ4n) is 1.23. The van der Waals surface area contributed by atoms with E-state index in [9.17, 15) is 4.79 Å². The van der Waals surface area contributed by atoms with E-state index in [1.165, 1.54) is 4.90 Å². The number of carbonyl (C=O) groups is 1. The Morgan fingerprint density at radius 3 is 2.53 bits per heavy atom. The van der Waals surface area contributed by atoms with Crippen LogP contribution < -0.4 is 5.73 Å². The van der Waals surface area contributed by atoms with Gasteiger partial charge in [-0.25, -0.2) is 0 Å². The number of aliphatic carboxylic acids is 1. The van der Waals surface area contributed by atoms with Crippen molar-refractivity contribution in [2.45, 2.75) is 24.3 Å². The molecule has 0 spiro atoms. The van der Waals surface area contributed by atoms with Gasteiger partial charge in [0.15, 0.2) is 0 Å². The number of nitrogens with two attached hydrogens (primary N) is 1. The van der Waals surface area contributed by atoms with Crippen molar-refractivity contribution in [2.24, 2.45) is 5.73 Å². The fraction of sp³-hybridized carbons (Fsp3) is 0.364. The lowest BCUT2D eigenvalue weighted by molar-refractivity contribution is -0.138. The molecular formula is C11H15NO2S. The third-order valence-corrected chi connectivity index (χ3v) is 2.90. The highest BCUT2D eigenvalue weighted by Crippen LogP contribution is 2.18. The van der Waals surface area contributed by atoms with Crippen LogP contribution >= 0.6 is 11.8 Å². The highest BCUT2D eigenvalue weighted by molar-refractivity contribution is 7.99. The van der Waals surface area contributed by atoms with E-state index in [0.717, 1.165) is 11.3 Å². The standard InChI is InChI=1S/C11H15NO2S/c1-2-15-9-5-3-8(4-6-9)7-10(12)11(13)14/h3-6,10H,2,7,12H2,1H3,(H,13,14)/t10-/m0/s1. The second kappa shape index (κ2) is 5.78. The summed E-state index contributed by atoms with van der Waals surface area (Å²) in [5.41, 5.74) is 6.40. The Bertz CT molecular complexity index is 324. The maximum Gasteiger partial charge on any atom is 0.320 e. The molecule has 1 rings (SSSR count). The Labute approximate surface area is 93.7 Å². The van der Waals surface area contributed by atoms with Gasteiger partial charge in [-0.1, -0.05) is 19.1 Å². The Morgan fingerprint density at radius 2 is 2.07 bits per heavy atom. The quantitative estimate of drug-likeness (QED) is 0.749. The largest absolute Gasteiger partial charge is 0.480 e. The molecule has 0 fully saturated rings. The molecule has 0 heterocycles. The molecule has 4 heteroatoms. The lowest BCUT2D eigenvalue weighted by Gasteiger charge is -2.06. The summed E-state index contributed by atoms with van der Waals surface area (Å²) in [6.07, 6.45) is 0.381. The van der Waals surface area contributed by atoms with Crippen LogP contribution in [0.25, 0.3) is 0 Å². The van der Waals surface area contributed by atoms with Crippen LogP contribution in [0.15, 0.2) is 29.2 Å². The van der Waals surface area contributed by atoms with Crippen LogP contribution in [0.1, 0.15) is 12.5 Å². The average molecular weight is 225 g/mol. The summed E-state index contributed by atoms with van der Waals surface area (Å²) in [7, 11) is 0. The minimum absolute atomic E-state index is 0.381. The molecule has 0 unspecified atom stereocenters. The zero-order valence-electron chi connectivity index (χ0n) is 8.64. The molecule has 1 aromatic carbocycles. The van der Waals surface area contributed by atoms with E-state index in [0.29, 0.717) is 6.42 Å². The van der Waals surface area contributed by atoms with Gasteiger partial charge in [0, 0.05) is 4.90 Å². The fourth-order valence-corrected chi connectivity index (χ4v) is 1.89. The summed E-state index contributed by atoms with van der Waals surface area (Å²) >= 11 is 1.76. The van der Waals surface area contributed by atoms with E-state index in [-0.39, 0.29) is 0 Å². The first-order valence-corrected chi connectivity index (χ1v) is 5.82. The molecule has 0 amide bonds. The lowest BCUT2D eigenvalue weighted by atomic mass is 10.1. The number of thioether (sulfide) groups is 1. The van der Waals surface area contributed by atoms with Crippen LogP contribution in [0.5, 0.6) is 0 Å². The highest BCUT2D eigenvalue weighted by atomic mass is 32.2. The molecule has 0 radical (unpaired) electrons. The molecule has 0 bridgehead atoms. The molecule has 82 valence electrons. The van der Waals surface area contributed by atoms with Crippen LogP contribution in [0.4, 0.5) is 0 Å². The molecule has 0 aliphatic carbocycles. The van der Waals surface area contributed by atoms with Crippen molar-refractivity contribution in [3.05, 3.63) is 29.8 Å². The summed E-state index contributed by atoms with van der Waals surface area (Å²) in [6, 6.07) is 7.05. The summed E-state index contributed by atoms with van der Waals surface area (Å²) < 4.78 is 0. The zero-order chi connectivity index (χ0) is 11.3. The first-order valence-electron chi connectivity index (χ1n) is 4.83. The molecule has 3 nitrogen and oxygen atoms in total. The summed E-state index contributed by atoms with van der Waals surface area (Å²) in [5, 5.41) is 8.65. The van der Waals surface area contributed by atoms with Gasteiger partial charge in [0.1, 0.15) is 6.04 Å². The summed E-state index contributed by atoms with van der Waals surface area (Å²) in [4.78, 5) is 11.7. The van der Waals surface area contributed by atoms with Gasteiger partial charge >= 0.3 is 5.97 Å². The Kier molecular flexibility index (Phi) is 4.65. The van der Waals surface area contributed by atoms with E-state index in [2.05, 4.69) is 6.92 Å². The first-order chi connectivity index (χ1) is 7.13. The smallest absolute Gasteiger partial charge is 0.320 e.